The van der Waals surface area contributed by atoms with E-state index in [-0.39, 0.29) is 11.9 Å². The fraction of sp³-hybridized carbons (Fsp3) is 0.278. The number of rotatable bonds is 5. The molecule has 0 radical (unpaired) electrons. The quantitative estimate of drug-likeness (QED) is 0.917. The van der Waals surface area contributed by atoms with Crippen LogP contribution in [0.3, 0.4) is 0 Å². The number of hydrogen-bond donors (Lipinski definition) is 1. The van der Waals surface area contributed by atoms with Gasteiger partial charge in [-0.1, -0.05) is 35.9 Å². The molecule has 0 aliphatic rings. The van der Waals surface area contributed by atoms with Crippen molar-refractivity contribution in [3.05, 3.63) is 70.2 Å². The highest BCUT2D eigenvalue weighted by Gasteiger charge is 2.17. The first-order chi connectivity index (χ1) is 10.5. The summed E-state index contributed by atoms with van der Waals surface area (Å²) in [5.41, 5.74) is 8.44. The molecule has 0 spiro atoms. The Morgan fingerprint density at radius 2 is 1.64 bits per heavy atom. The van der Waals surface area contributed by atoms with E-state index in [1.807, 2.05) is 62.5 Å². The third kappa shape index (κ3) is 4.09. The Balaban J connectivity index is 2.03. The monoisotopic (exact) mass is 316 g/mol. The van der Waals surface area contributed by atoms with E-state index in [4.69, 9.17) is 17.3 Å². The molecule has 1 atom stereocenters. The Bertz CT molecular complexity index is 623. The van der Waals surface area contributed by atoms with E-state index in [1.54, 1.807) is 4.90 Å². The number of benzene rings is 2. The van der Waals surface area contributed by atoms with Crippen LogP contribution in [0.15, 0.2) is 48.5 Å². The number of carbonyl (C=O) groups excluding carboxylic acids is 1. The molecule has 0 aliphatic carbocycles. The molecule has 0 saturated heterocycles. The van der Waals surface area contributed by atoms with Crippen LogP contribution < -0.4 is 5.73 Å². The second kappa shape index (κ2) is 7.43. The van der Waals surface area contributed by atoms with Crippen LogP contribution in [-0.2, 0) is 13.0 Å². The van der Waals surface area contributed by atoms with E-state index in [2.05, 4.69) is 0 Å². The van der Waals surface area contributed by atoms with Gasteiger partial charge in [0.05, 0.1) is 0 Å². The molecule has 0 fully saturated rings. The summed E-state index contributed by atoms with van der Waals surface area (Å²) >= 11 is 5.89. The van der Waals surface area contributed by atoms with Gasteiger partial charge in [0, 0.05) is 30.2 Å². The van der Waals surface area contributed by atoms with E-state index >= 15 is 0 Å². The second-order valence-electron chi connectivity index (χ2n) is 5.50. The smallest absolute Gasteiger partial charge is 0.253 e. The molecule has 0 aliphatic heterocycles. The maximum absolute atomic E-state index is 12.5. The minimum absolute atomic E-state index is 0.0186. The summed E-state index contributed by atoms with van der Waals surface area (Å²) in [5, 5.41) is 0.723. The molecule has 2 rings (SSSR count). The maximum atomic E-state index is 12.5. The Morgan fingerprint density at radius 1 is 1.09 bits per heavy atom. The zero-order chi connectivity index (χ0) is 16.1. The summed E-state index contributed by atoms with van der Waals surface area (Å²) in [7, 11) is 1.83. The van der Waals surface area contributed by atoms with Gasteiger partial charge in [-0.15, -0.1) is 0 Å². The van der Waals surface area contributed by atoms with Gasteiger partial charge < -0.3 is 10.6 Å². The molecule has 2 aromatic carbocycles. The molecule has 1 unspecified atom stereocenters. The van der Waals surface area contributed by atoms with Gasteiger partial charge in [-0.25, -0.2) is 0 Å². The summed E-state index contributed by atoms with van der Waals surface area (Å²) < 4.78 is 0. The standard InChI is InChI=1S/C18H21ClN2O/c1-13(11-14-5-9-17(19)10-6-14)21(2)18(22)16-7-3-15(12-20)4-8-16/h3-10,13H,11-12,20H2,1-2H3. The van der Waals surface area contributed by atoms with Crippen molar-refractivity contribution in [2.24, 2.45) is 5.73 Å². The van der Waals surface area contributed by atoms with Gasteiger partial charge in [0.15, 0.2) is 0 Å². The van der Waals surface area contributed by atoms with E-state index < -0.39 is 0 Å². The van der Waals surface area contributed by atoms with Crippen molar-refractivity contribution in [3.8, 4) is 0 Å². The van der Waals surface area contributed by atoms with Crippen molar-refractivity contribution in [1.29, 1.82) is 0 Å². The summed E-state index contributed by atoms with van der Waals surface area (Å²) in [5.74, 6) is 0.0186. The number of nitrogens with zero attached hydrogens (tertiary/aromatic N) is 1. The lowest BCUT2D eigenvalue weighted by Gasteiger charge is -2.25. The molecule has 116 valence electrons. The highest BCUT2D eigenvalue weighted by atomic mass is 35.5. The molecule has 2 N–H and O–H groups in total. The van der Waals surface area contributed by atoms with Crippen LogP contribution in [-0.4, -0.2) is 23.9 Å². The van der Waals surface area contributed by atoms with Crippen molar-refractivity contribution >= 4 is 17.5 Å². The fourth-order valence-electron chi connectivity index (χ4n) is 2.29. The van der Waals surface area contributed by atoms with Crippen LogP contribution in [0.2, 0.25) is 5.02 Å². The Morgan fingerprint density at radius 3 is 2.18 bits per heavy atom. The second-order valence-corrected chi connectivity index (χ2v) is 5.93. The maximum Gasteiger partial charge on any atom is 0.253 e. The van der Waals surface area contributed by atoms with Gasteiger partial charge in [0.1, 0.15) is 0 Å². The van der Waals surface area contributed by atoms with Crippen molar-refractivity contribution in [2.45, 2.75) is 25.9 Å². The van der Waals surface area contributed by atoms with Crippen LogP contribution >= 0.6 is 11.6 Å². The van der Waals surface area contributed by atoms with E-state index in [0.29, 0.717) is 12.1 Å². The lowest BCUT2D eigenvalue weighted by molar-refractivity contribution is 0.0743. The lowest BCUT2D eigenvalue weighted by atomic mass is 10.0. The zero-order valence-corrected chi connectivity index (χ0v) is 13.7. The third-order valence-electron chi connectivity index (χ3n) is 3.86. The predicted octanol–water partition coefficient (Wildman–Crippen LogP) is 3.50. The van der Waals surface area contributed by atoms with Crippen molar-refractivity contribution in [3.63, 3.8) is 0 Å². The van der Waals surface area contributed by atoms with Gasteiger partial charge in [-0.05, 0) is 48.7 Å². The molecular formula is C18H21ClN2O. The molecule has 22 heavy (non-hydrogen) atoms. The summed E-state index contributed by atoms with van der Waals surface area (Å²) in [6.07, 6.45) is 0.792. The van der Waals surface area contributed by atoms with E-state index in [0.717, 1.165) is 22.6 Å². The Labute approximate surface area is 136 Å². The highest BCUT2D eigenvalue weighted by molar-refractivity contribution is 6.30. The Hall–Kier alpha value is -1.84. The molecule has 0 heterocycles. The summed E-state index contributed by atoms with van der Waals surface area (Å²) in [6, 6.07) is 15.3. The predicted molar refractivity (Wildman–Crippen MR) is 91.0 cm³/mol. The molecule has 0 bridgehead atoms. The highest BCUT2D eigenvalue weighted by Crippen LogP contribution is 2.14. The molecular weight excluding hydrogens is 296 g/mol. The SMILES string of the molecule is CC(Cc1ccc(Cl)cc1)N(C)C(=O)c1ccc(CN)cc1. The fourth-order valence-corrected chi connectivity index (χ4v) is 2.41. The average molecular weight is 317 g/mol. The molecule has 0 aromatic heterocycles. The van der Waals surface area contributed by atoms with Gasteiger partial charge in [-0.3, -0.25) is 4.79 Å². The first-order valence-electron chi connectivity index (χ1n) is 7.32. The van der Waals surface area contributed by atoms with Crippen molar-refractivity contribution in [2.75, 3.05) is 7.05 Å². The third-order valence-corrected chi connectivity index (χ3v) is 4.11. The van der Waals surface area contributed by atoms with Crippen molar-refractivity contribution < 1.29 is 4.79 Å². The minimum atomic E-state index is 0.0186. The van der Waals surface area contributed by atoms with Crippen LogP contribution in [0.1, 0.15) is 28.4 Å². The average Bonchev–Trinajstić information content (AvgIpc) is 2.55. The minimum Gasteiger partial charge on any atom is -0.339 e. The number of halogens is 1. The van der Waals surface area contributed by atoms with Crippen LogP contribution in [0, 0.1) is 0 Å². The molecule has 0 saturated carbocycles. The summed E-state index contributed by atoms with van der Waals surface area (Å²) in [6.45, 7) is 2.53. The topological polar surface area (TPSA) is 46.3 Å². The van der Waals surface area contributed by atoms with Crippen LogP contribution in [0.4, 0.5) is 0 Å². The largest absolute Gasteiger partial charge is 0.339 e. The number of nitrogens with two attached hydrogens (primary N) is 1. The first-order valence-corrected chi connectivity index (χ1v) is 7.69. The lowest BCUT2D eigenvalue weighted by Crippen LogP contribution is -2.36. The van der Waals surface area contributed by atoms with Gasteiger partial charge in [0.2, 0.25) is 0 Å². The van der Waals surface area contributed by atoms with Crippen LogP contribution in [0.5, 0.6) is 0 Å². The van der Waals surface area contributed by atoms with E-state index in [1.165, 1.54) is 0 Å². The van der Waals surface area contributed by atoms with Gasteiger partial charge in [0.25, 0.3) is 5.91 Å². The number of hydrogen-bond acceptors (Lipinski definition) is 2. The molecule has 2 aromatic rings. The van der Waals surface area contributed by atoms with Gasteiger partial charge >= 0.3 is 0 Å². The molecule has 3 nitrogen and oxygen atoms in total. The normalized spacial score (nSPS) is 12.0. The van der Waals surface area contributed by atoms with Crippen molar-refractivity contribution in [1.82, 2.24) is 4.90 Å². The summed E-state index contributed by atoms with van der Waals surface area (Å²) in [4.78, 5) is 14.3. The van der Waals surface area contributed by atoms with Gasteiger partial charge in [-0.2, -0.15) is 0 Å². The van der Waals surface area contributed by atoms with E-state index in [9.17, 15) is 4.79 Å². The Kier molecular flexibility index (Phi) is 5.58. The number of carbonyl (C=O) groups is 1. The zero-order valence-electron chi connectivity index (χ0n) is 12.9. The molecule has 4 heteroatoms. The molecule has 1 amide bonds. The first kappa shape index (κ1) is 16.5. The number of amides is 1. The van der Waals surface area contributed by atoms with Crippen LogP contribution in [0.25, 0.3) is 0 Å². The number of likely N-dealkylation sites (N-methyl/N-ethyl adjacent to an activating group) is 1.